The Bertz CT molecular complexity index is 946. The zero-order valence-corrected chi connectivity index (χ0v) is 11.6. The number of hydrogen-bond donors (Lipinski definition) is 1. The van der Waals surface area contributed by atoms with Crippen molar-refractivity contribution in [2.75, 3.05) is 0 Å². The van der Waals surface area contributed by atoms with Gasteiger partial charge in [-0.05, 0) is 49.4 Å². The van der Waals surface area contributed by atoms with Crippen LogP contribution < -0.4 is 5.56 Å². The molecule has 110 valence electrons. The summed E-state index contributed by atoms with van der Waals surface area (Å²) in [6.45, 7) is 1.66. The minimum Gasteiger partial charge on any atom is -0.478 e. The minimum absolute atomic E-state index is 0.120. The lowest BCUT2D eigenvalue weighted by Crippen LogP contribution is -2.22. The number of halogens is 1. The molecule has 0 saturated carbocycles. The number of nitrogens with zero attached hydrogens (tertiary/aromatic N) is 2. The quantitative estimate of drug-likeness (QED) is 0.789. The molecule has 0 aliphatic carbocycles. The Morgan fingerprint density at radius 1 is 1.18 bits per heavy atom. The van der Waals surface area contributed by atoms with Crippen LogP contribution in [0.5, 0.6) is 0 Å². The van der Waals surface area contributed by atoms with Crippen LogP contribution in [0.2, 0.25) is 0 Å². The zero-order chi connectivity index (χ0) is 15.9. The summed E-state index contributed by atoms with van der Waals surface area (Å²) in [5.41, 5.74) is 0.618. The molecule has 1 N–H and O–H groups in total. The van der Waals surface area contributed by atoms with E-state index < -0.39 is 17.3 Å². The van der Waals surface area contributed by atoms with Crippen LogP contribution in [-0.4, -0.2) is 20.6 Å². The number of rotatable bonds is 2. The number of carboxylic acid groups (broad SMARTS) is 1. The van der Waals surface area contributed by atoms with Gasteiger partial charge in [0.15, 0.2) is 0 Å². The van der Waals surface area contributed by atoms with Crippen molar-refractivity contribution in [1.29, 1.82) is 0 Å². The molecular weight excluding hydrogens is 287 g/mol. The van der Waals surface area contributed by atoms with Crippen LogP contribution in [0.15, 0.2) is 47.3 Å². The van der Waals surface area contributed by atoms with E-state index in [0.29, 0.717) is 17.0 Å². The Kier molecular flexibility index (Phi) is 3.21. The van der Waals surface area contributed by atoms with Crippen molar-refractivity contribution < 1.29 is 14.3 Å². The number of fused-ring (bicyclic) bond motifs is 1. The van der Waals surface area contributed by atoms with Crippen molar-refractivity contribution in [1.82, 2.24) is 9.55 Å². The van der Waals surface area contributed by atoms with E-state index in [-0.39, 0.29) is 10.9 Å². The van der Waals surface area contributed by atoms with E-state index in [2.05, 4.69) is 4.98 Å². The van der Waals surface area contributed by atoms with Crippen molar-refractivity contribution in [3.05, 3.63) is 70.0 Å². The highest BCUT2D eigenvalue weighted by Gasteiger charge is 2.11. The van der Waals surface area contributed by atoms with Gasteiger partial charge in [0.2, 0.25) is 0 Å². The average molecular weight is 298 g/mol. The third-order valence-corrected chi connectivity index (χ3v) is 3.37. The van der Waals surface area contributed by atoms with Gasteiger partial charge in [-0.3, -0.25) is 9.36 Å². The van der Waals surface area contributed by atoms with Gasteiger partial charge in [0.05, 0.1) is 22.2 Å². The lowest BCUT2D eigenvalue weighted by atomic mass is 10.2. The molecule has 3 aromatic rings. The van der Waals surface area contributed by atoms with Crippen molar-refractivity contribution in [3.8, 4) is 5.69 Å². The number of hydrogen-bond acceptors (Lipinski definition) is 3. The first-order valence-corrected chi connectivity index (χ1v) is 6.50. The molecule has 5 nitrogen and oxygen atoms in total. The second kappa shape index (κ2) is 5.07. The monoisotopic (exact) mass is 298 g/mol. The molecule has 0 atom stereocenters. The van der Waals surface area contributed by atoms with E-state index in [1.807, 2.05) is 0 Å². The minimum atomic E-state index is -1.05. The first-order chi connectivity index (χ1) is 10.5. The molecule has 0 fully saturated rings. The summed E-state index contributed by atoms with van der Waals surface area (Å²) in [5.74, 6) is -1.12. The predicted octanol–water partition coefficient (Wildman–Crippen LogP) is 2.53. The number of aryl methyl sites for hydroxylation is 1. The lowest BCUT2D eigenvalue weighted by Gasteiger charge is -2.11. The number of aromatic carboxylic acids is 1. The number of benzene rings is 2. The van der Waals surface area contributed by atoms with E-state index in [9.17, 15) is 14.0 Å². The zero-order valence-electron chi connectivity index (χ0n) is 11.6. The summed E-state index contributed by atoms with van der Waals surface area (Å²) >= 11 is 0. The normalized spacial score (nSPS) is 10.8. The summed E-state index contributed by atoms with van der Waals surface area (Å²) in [6.07, 6.45) is 0. The van der Waals surface area contributed by atoms with Crippen molar-refractivity contribution in [2.24, 2.45) is 0 Å². The van der Waals surface area contributed by atoms with Gasteiger partial charge in [-0.1, -0.05) is 0 Å². The molecule has 0 saturated heterocycles. The lowest BCUT2D eigenvalue weighted by molar-refractivity contribution is 0.0697. The highest BCUT2D eigenvalue weighted by Crippen LogP contribution is 2.14. The second-order valence-electron chi connectivity index (χ2n) is 4.81. The van der Waals surface area contributed by atoms with E-state index >= 15 is 0 Å². The fourth-order valence-corrected chi connectivity index (χ4v) is 2.33. The van der Waals surface area contributed by atoms with Gasteiger partial charge in [-0.25, -0.2) is 14.2 Å². The smallest absolute Gasteiger partial charge is 0.335 e. The molecule has 0 unspecified atom stereocenters. The summed E-state index contributed by atoms with van der Waals surface area (Å²) in [4.78, 5) is 27.7. The first-order valence-electron chi connectivity index (χ1n) is 6.50. The molecule has 0 bridgehead atoms. The van der Waals surface area contributed by atoms with Gasteiger partial charge in [-0.15, -0.1) is 0 Å². The number of carbonyl (C=O) groups is 1. The van der Waals surface area contributed by atoms with Gasteiger partial charge < -0.3 is 5.11 Å². The number of aromatic nitrogens is 2. The maximum absolute atomic E-state index is 13.4. The van der Waals surface area contributed by atoms with E-state index in [1.54, 1.807) is 6.92 Å². The fraction of sp³-hybridized carbons (Fsp3) is 0.0625. The molecule has 0 aliphatic heterocycles. The molecule has 0 radical (unpaired) electrons. The van der Waals surface area contributed by atoms with Crippen LogP contribution in [0.3, 0.4) is 0 Å². The van der Waals surface area contributed by atoms with Crippen LogP contribution >= 0.6 is 0 Å². The molecule has 0 aliphatic rings. The molecular formula is C16H11FN2O3. The highest BCUT2D eigenvalue weighted by atomic mass is 19.1. The Morgan fingerprint density at radius 3 is 2.50 bits per heavy atom. The van der Waals surface area contributed by atoms with Crippen LogP contribution in [0, 0.1) is 12.7 Å². The van der Waals surface area contributed by atoms with Crippen molar-refractivity contribution in [3.63, 3.8) is 0 Å². The van der Waals surface area contributed by atoms with Gasteiger partial charge in [0.25, 0.3) is 5.56 Å². The van der Waals surface area contributed by atoms with Crippen LogP contribution in [0.4, 0.5) is 4.39 Å². The largest absolute Gasteiger partial charge is 0.478 e. The average Bonchev–Trinajstić information content (AvgIpc) is 2.49. The Balaban J connectivity index is 2.26. The molecule has 2 aromatic carbocycles. The van der Waals surface area contributed by atoms with E-state index in [1.165, 1.54) is 41.0 Å². The second-order valence-corrected chi connectivity index (χ2v) is 4.81. The maximum Gasteiger partial charge on any atom is 0.335 e. The SMILES string of the molecule is Cc1nc2ccc(F)cc2c(=O)n1-c1ccc(C(=O)O)cc1. The summed E-state index contributed by atoms with van der Waals surface area (Å²) in [7, 11) is 0. The van der Waals surface area contributed by atoms with Crippen LogP contribution in [0.1, 0.15) is 16.2 Å². The third-order valence-electron chi connectivity index (χ3n) is 3.37. The van der Waals surface area contributed by atoms with Crippen molar-refractivity contribution in [2.45, 2.75) is 6.92 Å². The third kappa shape index (κ3) is 2.24. The molecule has 1 aromatic heterocycles. The molecule has 6 heteroatoms. The van der Waals surface area contributed by atoms with E-state index in [4.69, 9.17) is 5.11 Å². The maximum atomic E-state index is 13.4. The van der Waals surface area contributed by atoms with Crippen LogP contribution in [0.25, 0.3) is 16.6 Å². The van der Waals surface area contributed by atoms with Gasteiger partial charge in [0.1, 0.15) is 11.6 Å². The molecule has 3 rings (SSSR count). The molecule has 0 amide bonds. The van der Waals surface area contributed by atoms with Gasteiger partial charge in [-0.2, -0.15) is 0 Å². The first kappa shape index (κ1) is 13.9. The summed E-state index contributed by atoms with van der Waals surface area (Å²) < 4.78 is 14.7. The number of carboxylic acids is 1. The standard InChI is InChI=1S/C16H11FN2O3/c1-9-18-14-7-4-11(17)8-13(14)15(20)19(9)12-5-2-10(3-6-12)16(21)22/h2-8H,1H3,(H,21,22). The molecule has 0 spiro atoms. The summed E-state index contributed by atoms with van der Waals surface area (Å²) in [5, 5.41) is 9.08. The van der Waals surface area contributed by atoms with Gasteiger partial charge >= 0.3 is 5.97 Å². The van der Waals surface area contributed by atoms with Gasteiger partial charge in [0, 0.05) is 0 Å². The predicted molar refractivity (Wildman–Crippen MR) is 79.0 cm³/mol. The Hall–Kier alpha value is -3.02. The highest BCUT2D eigenvalue weighted by molar-refractivity contribution is 5.87. The Labute approximate surface area is 124 Å². The molecule has 22 heavy (non-hydrogen) atoms. The molecule has 1 heterocycles. The summed E-state index contributed by atoms with van der Waals surface area (Å²) in [6, 6.07) is 9.69. The fourth-order valence-electron chi connectivity index (χ4n) is 2.33. The Morgan fingerprint density at radius 2 is 1.86 bits per heavy atom. The van der Waals surface area contributed by atoms with Crippen LogP contribution in [-0.2, 0) is 0 Å². The van der Waals surface area contributed by atoms with E-state index in [0.717, 1.165) is 6.07 Å². The topological polar surface area (TPSA) is 72.2 Å². The van der Waals surface area contributed by atoms with Crippen molar-refractivity contribution >= 4 is 16.9 Å².